The lowest BCUT2D eigenvalue weighted by atomic mass is 9.94. The number of halogens is 1. The fourth-order valence-corrected chi connectivity index (χ4v) is 1.37. The molecule has 0 fully saturated rings. The van der Waals surface area contributed by atoms with E-state index in [9.17, 15) is 9.59 Å². The van der Waals surface area contributed by atoms with Crippen molar-refractivity contribution >= 4 is 24.3 Å². The van der Waals surface area contributed by atoms with Gasteiger partial charge in [0.05, 0.1) is 5.54 Å². The third kappa shape index (κ3) is 8.32. The molecule has 0 saturated heterocycles. The molecule has 0 atom stereocenters. The van der Waals surface area contributed by atoms with Gasteiger partial charge in [0.1, 0.15) is 0 Å². The first kappa shape index (κ1) is 20.5. The number of carbonyl (C=O) groups is 2. The highest BCUT2D eigenvalue weighted by atomic mass is 35.5. The van der Waals surface area contributed by atoms with Crippen LogP contribution in [0, 0.1) is 0 Å². The fraction of sp³-hybridized carbons (Fsp3) is 0.333. The number of carboxylic acid groups (broad SMARTS) is 1. The molecule has 5 heteroatoms. The second kappa shape index (κ2) is 9.15. The molecule has 1 amide bonds. The molecule has 1 aromatic rings. The molecule has 0 heterocycles. The Labute approximate surface area is 126 Å². The van der Waals surface area contributed by atoms with Gasteiger partial charge >= 0.3 is 5.97 Å². The van der Waals surface area contributed by atoms with Crippen LogP contribution < -0.4 is 5.32 Å². The smallest absolute Gasteiger partial charge is 0.330 e. The van der Waals surface area contributed by atoms with Crippen LogP contribution in [0.15, 0.2) is 42.5 Å². The van der Waals surface area contributed by atoms with Gasteiger partial charge in [-0.2, -0.15) is 0 Å². The minimum absolute atomic E-state index is 0. The van der Waals surface area contributed by atoms with E-state index in [1.54, 1.807) is 0 Å². The summed E-state index contributed by atoms with van der Waals surface area (Å²) >= 11 is 0. The highest BCUT2D eigenvalue weighted by molar-refractivity contribution is 5.85. The Hall–Kier alpha value is -1.81. The van der Waals surface area contributed by atoms with Crippen molar-refractivity contribution < 1.29 is 14.7 Å². The number of aliphatic carboxylic acids is 1. The zero-order valence-corrected chi connectivity index (χ0v) is 13.1. The zero-order valence-electron chi connectivity index (χ0n) is 12.3. The zero-order chi connectivity index (χ0) is 15.1. The number of carboxylic acids is 1. The quantitative estimate of drug-likeness (QED) is 0.843. The fourth-order valence-electron chi connectivity index (χ4n) is 1.37. The number of benzene rings is 1. The Morgan fingerprint density at radius 2 is 1.55 bits per heavy atom. The molecule has 2 N–H and O–H groups in total. The van der Waals surface area contributed by atoms with Gasteiger partial charge in [-0.3, -0.25) is 4.79 Å². The van der Waals surface area contributed by atoms with Crippen molar-refractivity contribution in [3.8, 4) is 0 Å². The summed E-state index contributed by atoms with van der Waals surface area (Å²) in [6.45, 7) is 10.1. The normalized spacial score (nSPS) is 9.40. The van der Waals surface area contributed by atoms with Crippen LogP contribution in [0.4, 0.5) is 0 Å². The van der Waals surface area contributed by atoms with E-state index in [1.165, 1.54) is 13.8 Å². The highest BCUT2D eigenvalue weighted by Gasteiger charge is 2.20. The minimum Gasteiger partial charge on any atom is -0.478 e. The summed E-state index contributed by atoms with van der Waals surface area (Å²) in [6, 6.07) is 9.93. The molecule has 0 saturated carbocycles. The molecule has 0 spiro atoms. The predicted molar refractivity (Wildman–Crippen MR) is 83.0 cm³/mol. The first-order chi connectivity index (χ1) is 8.66. The second-order valence-electron chi connectivity index (χ2n) is 4.76. The van der Waals surface area contributed by atoms with Gasteiger partial charge < -0.3 is 10.4 Å². The molecular weight excluding hydrogens is 278 g/mol. The average Bonchev–Trinajstić information content (AvgIpc) is 2.29. The highest BCUT2D eigenvalue weighted by Crippen LogP contribution is 2.18. The number of rotatable bonds is 3. The van der Waals surface area contributed by atoms with Gasteiger partial charge in [-0.05, 0) is 26.3 Å². The van der Waals surface area contributed by atoms with Gasteiger partial charge in [-0.15, -0.1) is 12.4 Å². The van der Waals surface area contributed by atoms with E-state index in [0.717, 1.165) is 5.56 Å². The number of amides is 1. The van der Waals surface area contributed by atoms with E-state index < -0.39 is 5.97 Å². The Balaban J connectivity index is 0. The summed E-state index contributed by atoms with van der Waals surface area (Å²) in [7, 11) is 0. The molecule has 0 aromatic heterocycles. The maximum absolute atomic E-state index is 10.9. The van der Waals surface area contributed by atoms with Crippen molar-refractivity contribution in [1.82, 2.24) is 5.32 Å². The van der Waals surface area contributed by atoms with Crippen LogP contribution in [0.5, 0.6) is 0 Å². The van der Waals surface area contributed by atoms with E-state index >= 15 is 0 Å². The van der Waals surface area contributed by atoms with E-state index in [-0.39, 0.29) is 29.4 Å². The maximum Gasteiger partial charge on any atom is 0.330 e. The molecule has 112 valence electrons. The van der Waals surface area contributed by atoms with E-state index in [1.807, 2.05) is 44.2 Å². The first-order valence-electron chi connectivity index (χ1n) is 5.90. The lowest BCUT2D eigenvalue weighted by Gasteiger charge is -2.26. The largest absolute Gasteiger partial charge is 0.478 e. The monoisotopic (exact) mass is 299 g/mol. The SMILES string of the molecule is C=C(C)C(=O)O.CC(=O)NC(C)(C)c1ccccc1.Cl. The van der Waals surface area contributed by atoms with Crippen LogP contribution in [-0.2, 0) is 15.1 Å². The summed E-state index contributed by atoms with van der Waals surface area (Å²) in [5.74, 6) is -0.941. The van der Waals surface area contributed by atoms with Crippen LogP contribution in [0.25, 0.3) is 0 Å². The van der Waals surface area contributed by atoms with Gasteiger partial charge in [-0.25, -0.2) is 4.79 Å². The third-order valence-corrected chi connectivity index (χ3v) is 2.35. The average molecular weight is 300 g/mol. The van der Waals surface area contributed by atoms with Gasteiger partial charge in [0.25, 0.3) is 0 Å². The molecule has 0 bridgehead atoms. The summed E-state index contributed by atoms with van der Waals surface area (Å²) in [5, 5.41) is 10.8. The molecule has 1 rings (SSSR count). The third-order valence-electron chi connectivity index (χ3n) is 2.35. The van der Waals surface area contributed by atoms with Crippen LogP contribution in [0.3, 0.4) is 0 Å². The molecule has 1 aromatic carbocycles. The van der Waals surface area contributed by atoms with Gasteiger partial charge in [-0.1, -0.05) is 36.9 Å². The summed E-state index contributed by atoms with van der Waals surface area (Å²) in [5.41, 5.74) is 1.01. The van der Waals surface area contributed by atoms with Crippen molar-refractivity contribution in [3.63, 3.8) is 0 Å². The maximum atomic E-state index is 10.9. The summed E-state index contributed by atoms with van der Waals surface area (Å²) in [4.78, 5) is 20.5. The van der Waals surface area contributed by atoms with E-state index in [0.29, 0.717) is 0 Å². The van der Waals surface area contributed by atoms with Gasteiger partial charge in [0.15, 0.2) is 0 Å². The number of hydrogen-bond donors (Lipinski definition) is 2. The van der Waals surface area contributed by atoms with E-state index in [2.05, 4.69) is 11.9 Å². The molecule has 0 aliphatic rings. The molecular formula is C15H22ClNO3. The van der Waals surface area contributed by atoms with Crippen molar-refractivity contribution in [2.75, 3.05) is 0 Å². The molecule has 4 nitrogen and oxygen atoms in total. The van der Waals surface area contributed by atoms with Crippen LogP contribution in [0.2, 0.25) is 0 Å². The van der Waals surface area contributed by atoms with Gasteiger partial charge in [0, 0.05) is 12.5 Å². The molecule has 20 heavy (non-hydrogen) atoms. The summed E-state index contributed by atoms with van der Waals surface area (Å²) in [6.07, 6.45) is 0. The lowest BCUT2D eigenvalue weighted by molar-refractivity contribution is -0.132. The van der Waals surface area contributed by atoms with Crippen molar-refractivity contribution in [1.29, 1.82) is 0 Å². The number of nitrogens with one attached hydrogen (secondary N) is 1. The Kier molecular flexibility index (Phi) is 9.38. The molecule has 0 aliphatic carbocycles. The molecule has 0 radical (unpaired) electrons. The standard InChI is InChI=1S/C11H15NO.C4H6O2.ClH/c1-9(13)12-11(2,3)10-7-5-4-6-8-10;1-3(2)4(5)6;/h4-8H,1-3H3,(H,12,13);1H2,2H3,(H,5,6);1H. The second-order valence-corrected chi connectivity index (χ2v) is 4.76. The molecule has 0 unspecified atom stereocenters. The van der Waals surface area contributed by atoms with Gasteiger partial charge in [0.2, 0.25) is 5.91 Å². The predicted octanol–water partition coefficient (Wildman–Crippen LogP) is 3.13. The van der Waals surface area contributed by atoms with Crippen molar-refractivity contribution in [3.05, 3.63) is 48.0 Å². The summed E-state index contributed by atoms with van der Waals surface area (Å²) < 4.78 is 0. The van der Waals surface area contributed by atoms with Crippen LogP contribution in [0.1, 0.15) is 33.3 Å². The lowest BCUT2D eigenvalue weighted by Crippen LogP contribution is -2.39. The number of carbonyl (C=O) groups excluding carboxylic acids is 1. The van der Waals surface area contributed by atoms with Crippen LogP contribution >= 0.6 is 12.4 Å². The minimum atomic E-state index is -0.935. The topological polar surface area (TPSA) is 66.4 Å². The van der Waals surface area contributed by atoms with Crippen molar-refractivity contribution in [2.45, 2.75) is 33.2 Å². The van der Waals surface area contributed by atoms with Crippen molar-refractivity contribution in [2.24, 2.45) is 0 Å². The number of hydrogen-bond acceptors (Lipinski definition) is 2. The first-order valence-corrected chi connectivity index (χ1v) is 5.90. The Morgan fingerprint density at radius 3 is 1.85 bits per heavy atom. The van der Waals surface area contributed by atoms with E-state index in [4.69, 9.17) is 5.11 Å². The Morgan fingerprint density at radius 1 is 1.15 bits per heavy atom. The van der Waals surface area contributed by atoms with Crippen LogP contribution in [-0.4, -0.2) is 17.0 Å². The molecule has 0 aliphatic heterocycles. The Bertz CT molecular complexity index is 443.